The molecule has 0 aliphatic carbocycles. The van der Waals surface area contributed by atoms with Crippen molar-refractivity contribution in [2.75, 3.05) is 39.5 Å². The van der Waals surface area contributed by atoms with E-state index in [2.05, 4.69) is 16.8 Å². The van der Waals surface area contributed by atoms with Gasteiger partial charge < -0.3 is 9.84 Å². The molecule has 3 aliphatic rings. The number of aliphatic carboxylic acids is 1. The number of carboxylic acid groups (broad SMARTS) is 1. The highest BCUT2D eigenvalue weighted by molar-refractivity contribution is 7.09. The smallest absolute Gasteiger partial charge is 0.475 e. The Bertz CT molecular complexity index is 784. The predicted molar refractivity (Wildman–Crippen MR) is 104 cm³/mol. The maximum absolute atomic E-state index is 12.7. The molecule has 4 rings (SSSR count). The molecule has 3 fully saturated rings. The second-order valence-corrected chi connectivity index (χ2v) is 9.06. The molecule has 4 heterocycles. The molecular formula is C19H26F3N3O5S. The number of hydroxylamine groups is 2. The fraction of sp³-hybridized carbons (Fsp3) is 0.737. The van der Waals surface area contributed by atoms with Crippen LogP contribution in [0.2, 0.25) is 0 Å². The van der Waals surface area contributed by atoms with Crippen LogP contribution in [0.15, 0.2) is 5.51 Å². The Morgan fingerprint density at radius 1 is 1.39 bits per heavy atom. The van der Waals surface area contributed by atoms with Crippen LogP contribution < -0.4 is 0 Å². The van der Waals surface area contributed by atoms with Crippen molar-refractivity contribution in [3.63, 3.8) is 0 Å². The Morgan fingerprint density at radius 2 is 2.13 bits per heavy atom. The van der Waals surface area contributed by atoms with E-state index in [4.69, 9.17) is 19.5 Å². The summed E-state index contributed by atoms with van der Waals surface area (Å²) in [7, 11) is 0. The molecule has 1 aromatic rings. The molecule has 1 N–H and O–H groups in total. The largest absolute Gasteiger partial charge is 0.490 e. The quantitative estimate of drug-likeness (QED) is 0.730. The first-order valence-electron chi connectivity index (χ1n) is 10.0. The number of aromatic nitrogens is 1. The third-order valence-corrected chi connectivity index (χ3v) is 6.75. The molecule has 3 aliphatic heterocycles. The standard InChI is InChI=1S/C17H25N3O3S.C2HF3O2/c1-13-15(24-12-18-13)8-19-7-14-9-22-11-17(14,10-19)6-16(21)20-4-2-3-5-23-20;3-2(4,5)1(6)7/h12,14H,2-11H2,1H3;(H,6,7)/t14-,17+;/m1./s1. The highest BCUT2D eigenvalue weighted by Crippen LogP contribution is 2.45. The fourth-order valence-corrected chi connectivity index (χ4v) is 5.00. The minimum atomic E-state index is -5.08. The summed E-state index contributed by atoms with van der Waals surface area (Å²) in [4.78, 5) is 35.3. The van der Waals surface area contributed by atoms with E-state index in [0.29, 0.717) is 25.6 Å². The third kappa shape index (κ3) is 5.93. The molecule has 0 saturated carbocycles. The molecule has 3 saturated heterocycles. The van der Waals surface area contributed by atoms with Crippen LogP contribution in [0.5, 0.6) is 0 Å². The topological polar surface area (TPSA) is 92.2 Å². The van der Waals surface area contributed by atoms with Gasteiger partial charge in [-0.25, -0.2) is 14.8 Å². The molecule has 2 atom stereocenters. The number of aryl methyl sites for hydroxylation is 1. The van der Waals surface area contributed by atoms with Crippen LogP contribution in [0.25, 0.3) is 0 Å². The van der Waals surface area contributed by atoms with Gasteiger partial charge in [0, 0.05) is 48.8 Å². The number of halogens is 3. The Labute approximate surface area is 181 Å². The van der Waals surface area contributed by atoms with Gasteiger partial charge in [-0.05, 0) is 19.8 Å². The first-order chi connectivity index (χ1) is 14.6. The minimum Gasteiger partial charge on any atom is -0.475 e. The zero-order valence-corrected chi connectivity index (χ0v) is 18.0. The second kappa shape index (κ2) is 9.80. The number of carbonyl (C=O) groups is 2. The summed E-state index contributed by atoms with van der Waals surface area (Å²) >= 11 is 1.72. The van der Waals surface area contributed by atoms with E-state index < -0.39 is 12.1 Å². The van der Waals surface area contributed by atoms with Gasteiger partial charge in [0.2, 0.25) is 5.91 Å². The van der Waals surface area contributed by atoms with Gasteiger partial charge in [-0.3, -0.25) is 14.5 Å². The van der Waals surface area contributed by atoms with Crippen LogP contribution in [0.3, 0.4) is 0 Å². The van der Waals surface area contributed by atoms with Crippen molar-refractivity contribution in [2.24, 2.45) is 11.3 Å². The summed E-state index contributed by atoms with van der Waals surface area (Å²) < 4.78 is 37.5. The van der Waals surface area contributed by atoms with Crippen molar-refractivity contribution in [3.8, 4) is 0 Å². The van der Waals surface area contributed by atoms with Gasteiger partial charge in [-0.15, -0.1) is 11.3 Å². The van der Waals surface area contributed by atoms with E-state index in [-0.39, 0.29) is 11.3 Å². The summed E-state index contributed by atoms with van der Waals surface area (Å²) in [6.07, 6.45) is -2.46. The lowest BCUT2D eigenvalue weighted by Crippen LogP contribution is -2.41. The first-order valence-corrected chi connectivity index (χ1v) is 10.9. The molecule has 1 aromatic heterocycles. The van der Waals surface area contributed by atoms with Crippen LogP contribution in [0.4, 0.5) is 13.2 Å². The van der Waals surface area contributed by atoms with Crippen LogP contribution >= 0.6 is 11.3 Å². The van der Waals surface area contributed by atoms with Crippen molar-refractivity contribution in [1.29, 1.82) is 0 Å². The maximum Gasteiger partial charge on any atom is 0.490 e. The van der Waals surface area contributed by atoms with Gasteiger partial charge >= 0.3 is 12.1 Å². The van der Waals surface area contributed by atoms with E-state index in [1.807, 2.05) is 5.51 Å². The lowest BCUT2D eigenvalue weighted by molar-refractivity contribution is -0.199. The number of ether oxygens (including phenoxy) is 1. The van der Waals surface area contributed by atoms with E-state index in [1.165, 1.54) is 4.88 Å². The van der Waals surface area contributed by atoms with Crippen molar-refractivity contribution in [3.05, 3.63) is 16.1 Å². The fourth-order valence-electron chi connectivity index (χ4n) is 4.18. The molecule has 1 amide bonds. The molecule has 0 aromatic carbocycles. The number of amides is 1. The number of thiazole rings is 1. The third-order valence-electron chi connectivity index (χ3n) is 5.83. The first kappa shape index (κ1) is 23.9. The van der Waals surface area contributed by atoms with Gasteiger partial charge in [0.1, 0.15) is 0 Å². The Hall–Kier alpha value is -1.76. The van der Waals surface area contributed by atoms with Crippen LogP contribution in [0.1, 0.15) is 29.8 Å². The van der Waals surface area contributed by atoms with Crippen molar-refractivity contribution < 1.29 is 37.4 Å². The molecular weight excluding hydrogens is 439 g/mol. The number of hydrogen-bond donors (Lipinski definition) is 1. The number of alkyl halides is 3. The van der Waals surface area contributed by atoms with Crippen molar-refractivity contribution in [2.45, 2.75) is 38.9 Å². The zero-order chi connectivity index (χ0) is 22.6. The number of fused-ring (bicyclic) bond motifs is 1. The number of rotatable bonds is 4. The van der Waals surface area contributed by atoms with Gasteiger partial charge in [0.15, 0.2) is 0 Å². The van der Waals surface area contributed by atoms with Gasteiger partial charge in [-0.1, -0.05) is 0 Å². The average molecular weight is 465 g/mol. The SMILES string of the molecule is Cc1ncsc1CN1C[C@@H]2COC[C@]2(CC(=O)N2CCCCO2)C1.O=C(O)C(F)(F)F. The number of hydrogen-bond acceptors (Lipinski definition) is 7. The summed E-state index contributed by atoms with van der Waals surface area (Å²) in [5.74, 6) is -2.19. The summed E-state index contributed by atoms with van der Waals surface area (Å²) in [5.41, 5.74) is 2.99. The van der Waals surface area contributed by atoms with E-state index in [9.17, 15) is 18.0 Å². The van der Waals surface area contributed by atoms with E-state index in [1.54, 1.807) is 16.4 Å². The van der Waals surface area contributed by atoms with E-state index in [0.717, 1.165) is 51.3 Å². The predicted octanol–water partition coefficient (Wildman–Crippen LogP) is 2.48. The van der Waals surface area contributed by atoms with E-state index >= 15 is 0 Å². The monoisotopic (exact) mass is 465 g/mol. The summed E-state index contributed by atoms with van der Waals surface area (Å²) in [5, 5.41) is 8.71. The highest BCUT2D eigenvalue weighted by atomic mass is 32.1. The van der Waals surface area contributed by atoms with Gasteiger partial charge in [-0.2, -0.15) is 13.2 Å². The normalized spacial score (nSPS) is 26.3. The van der Waals surface area contributed by atoms with Crippen molar-refractivity contribution >= 4 is 23.2 Å². The maximum atomic E-state index is 12.7. The lowest BCUT2D eigenvalue weighted by Gasteiger charge is -2.31. The molecule has 0 unspecified atom stereocenters. The molecule has 31 heavy (non-hydrogen) atoms. The van der Waals surface area contributed by atoms with Gasteiger partial charge in [0.05, 0.1) is 31.0 Å². The average Bonchev–Trinajstić information content (AvgIpc) is 3.37. The number of nitrogens with zero attached hydrogens (tertiary/aromatic N) is 3. The molecule has 12 heteroatoms. The lowest BCUT2D eigenvalue weighted by atomic mass is 9.78. The van der Waals surface area contributed by atoms with Crippen LogP contribution in [-0.4, -0.2) is 77.6 Å². The molecule has 174 valence electrons. The molecule has 8 nitrogen and oxygen atoms in total. The number of carbonyl (C=O) groups excluding carboxylic acids is 1. The number of carboxylic acids is 1. The Balaban J connectivity index is 0.000000339. The van der Waals surface area contributed by atoms with Gasteiger partial charge in [0.25, 0.3) is 0 Å². The van der Waals surface area contributed by atoms with Crippen LogP contribution in [-0.2, 0) is 25.7 Å². The molecule has 0 radical (unpaired) electrons. The second-order valence-electron chi connectivity index (χ2n) is 8.12. The number of likely N-dealkylation sites (tertiary alicyclic amines) is 1. The Morgan fingerprint density at radius 3 is 2.71 bits per heavy atom. The Kier molecular flexibility index (Phi) is 7.55. The minimum absolute atomic E-state index is 0.0452. The summed E-state index contributed by atoms with van der Waals surface area (Å²) in [6, 6.07) is 0. The van der Waals surface area contributed by atoms with Crippen molar-refractivity contribution in [1.82, 2.24) is 14.9 Å². The summed E-state index contributed by atoms with van der Waals surface area (Å²) in [6.45, 7) is 7.78. The zero-order valence-electron chi connectivity index (χ0n) is 17.2. The molecule has 0 spiro atoms. The molecule has 0 bridgehead atoms. The highest BCUT2D eigenvalue weighted by Gasteiger charge is 2.52. The van der Waals surface area contributed by atoms with Crippen LogP contribution in [0, 0.1) is 18.3 Å².